The second-order valence-electron chi connectivity index (χ2n) is 5.14. The fourth-order valence-electron chi connectivity index (χ4n) is 2.09. The zero-order valence-electron chi connectivity index (χ0n) is 11.4. The van der Waals surface area contributed by atoms with Crippen molar-refractivity contribution >= 4 is 0 Å². The van der Waals surface area contributed by atoms with Crippen LogP contribution < -0.4 is 0 Å². The molecule has 1 heteroatoms. The molecule has 0 fully saturated rings. The highest BCUT2D eigenvalue weighted by atomic mass is 16.5. The van der Waals surface area contributed by atoms with Gasteiger partial charge in [-0.25, -0.2) is 0 Å². The predicted molar refractivity (Wildman–Crippen MR) is 74.1 cm³/mol. The lowest BCUT2D eigenvalue weighted by Crippen LogP contribution is -2.40. The van der Waals surface area contributed by atoms with Crippen LogP contribution in [0, 0.1) is 5.92 Å². The molecule has 0 saturated carbocycles. The van der Waals surface area contributed by atoms with Crippen LogP contribution in [0.2, 0.25) is 0 Å². The fraction of sp³-hybridized carbons (Fsp3) is 0.500. The molecule has 1 aromatic carbocycles. The Balaban J connectivity index is 2.94. The van der Waals surface area contributed by atoms with Gasteiger partial charge in [-0.3, -0.25) is 0 Å². The van der Waals surface area contributed by atoms with E-state index in [0.717, 1.165) is 6.42 Å². The highest BCUT2D eigenvalue weighted by Gasteiger charge is 2.32. The van der Waals surface area contributed by atoms with E-state index in [1.165, 1.54) is 5.56 Å². The molecular formula is C16H24O. The van der Waals surface area contributed by atoms with Gasteiger partial charge in [-0.2, -0.15) is 0 Å². The second kappa shape index (κ2) is 6.02. The lowest BCUT2D eigenvalue weighted by atomic mass is 9.84. The smallest absolute Gasteiger partial charge is 0.0926 e. The quantitative estimate of drug-likeness (QED) is 0.667. The van der Waals surface area contributed by atoms with Crippen LogP contribution in [0.25, 0.3) is 0 Å². The normalized spacial score (nSPS) is 14.9. The molecule has 0 aliphatic heterocycles. The molecule has 0 amide bonds. The third kappa shape index (κ3) is 3.71. The Hall–Kier alpha value is -1.08. The Morgan fingerprint density at radius 1 is 1.18 bits per heavy atom. The number of benzene rings is 1. The van der Waals surface area contributed by atoms with Gasteiger partial charge in [-0.15, -0.1) is 6.58 Å². The van der Waals surface area contributed by atoms with E-state index in [-0.39, 0.29) is 11.7 Å². The van der Waals surface area contributed by atoms with Gasteiger partial charge in [0.25, 0.3) is 0 Å². The molecule has 0 heterocycles. The molecular weight excluding hydrogens is 208 g/mol. The summed E-state index contributed by atoms with van der Waals surface area (Å²) >= 11 is 0. The topological polar surface area (TPSA) is 9.23 Å². The molecule has 94 valence electrons. The van der Waals surface area contributed by atoms with Crippen LogP contribution in [0.15, 0.2) is 43.0 Å². The van der Waals surface area contributed by atoms with Crippen molar-refractivity contribution in [2.24, 2.45) is 5.92 Å². The van der Waals surface area contributed by atoms with Gasteiger partial charge in [-0.1, -0.05) is 50.3 Å². The van der Waals surface area contributed by atoms with Gasteiger partial charge >= 0.3 is 0 Å². The summed E-state index contributed by atoms with van der Waals surface area (Å²) in [5.74, 6) is 0.405. The van der Waals surface area contributed by atoms with E-state index in [9.17, 15) is 0 Å². The van der Waals surface area contributed by atoms with Gasteiger partial charge in [-0.05, 0) is 25.3 Å². The maximum atomic E-state index is 6.13. The summed E-state index contributed by atoms with van der Waals surface area (Å²) in [4.78, 5) is 0. The average Bonchev–Trinajstić information content (AvgIpc) is 2.28. The van der Waals surface area contributed by atoms with Crippen molar-refractivity contribution in [3.05, 3.63) is 48.6 Å². The molecule has 0 bridgehead atoms. The standard InChI is InChI=1S/C16H24O/c1-6-16(13(2)3,17-14(4)5)12-15-10-8-7-9-11-15/h6-11,13-14H,1,12H2,2-5H3. The zero-order chi connectivity index (χ0) is 12.9. The third-order valence-corrected chi connectivity index (χ3v) is 3.10. The molecule has 0 aromatic heterocycles. The first kappa shape index (κ1) is 14.0. The molecule has 1 aromatic rings. The van der Waals surface area contributed by atoms with Crippen LogP contribution in [0.5, 0.6) is 0 Å². The van der Waals surface area contributed by atoms with Crippen LogP contribution in [-0.2, 0) is 11.2 Å². The molecule has 1 atom stereocenters. The average molecular weight is 232 g/mol. The number of hydrogen-bond acceptors (Lipinski definition) is 1. The summed E-state index contributed by atoms with van der Waals surface area (Å²) in [7, 11) is 0. The highest BCUT2D eigenvalue weighted by molar-refractivity contribution is 5.20. The van der Waals surface area contributed by atoms with Crippen LogP contribution in [0.1, 0.15) is 33.3 Å². The number of hydrogen-bond donors (Lipinski definition) is 0. The molecule has 1 unspecified atom stereocenters. The van der Waals surface area contributed by atoms with Crippen molar-refractivity contribution < 1.29 is 4.74 Å². The molecule has 0 aliphatic rings. The van der Waals surface area contributed by atoms with E-state index < -0.39 is 0 Å². The van der Waals surface area contributed by atoms with E-state index >= 15 is 0 Å². The Kier molecular flexibility index (Phi) is 4.95. The van der Waals surface area contributed by atoms with Gasteiger partial charge in [0.2, 0.25) is 0 Å². The summed E-state index contributed by atoms with van der Waals surface area (Å²) in [5, 5.41) is 0. The largest absolute Gasteiger partial charge is 0.368 e. The predicted octanol–water partition coefficient (Wildman–Crippen LogP) is 4.23. The van der Waals surface area contributed by atoms with Gasteiger partial charge < -0.3 is 4.74 Å². The molecule has 1 nitrogen and oxygen atoms in total. The van der Waals surface area contributed by atoms with Gasteiger partial charge in [0.15, 0.2) is 0 Å². The van der Waals surface area contributed by atoms with E-state index in [0.29, 0.717) is 5.92 Å². The minimum Gasteiger partial charge on any atom is -0.368 e. The number of ether oxygens (including phenoxy) is 1. The first-order valence-electron chi connectivity index (χ1n) is 6.35. The van der Waals surface area contributed by atoms with Crippen molar-refractivity contribution in [1.29, 1.82) is 0 Å². The van der Waals surface area contributed by atoms with Gasteiger partial charge in [0.1, 0.15) is 0 Å². The van der Waals surface area contributed by atoms with E-state index in [2.05, 4.69) is 58.5 Å². The molecule has 1 rings (SSSR count). The highest BCUT2D eigenvalue weighted by Crippen LogP contribution is 2.29. The van der Waals surface area contributed by atoms with Gasteiger partial charge in [0.05, 0.1) is 11.7 Å². The van der Waals surface area contributed by atoms with Gasteiger partial charge in [0, 0.05) is 6.42 Å². The summed E-state index contributed by atoms with van der Waals surface area (Å²) < 4.78 is 6.13. The summed E-state index contributed by atoms with van der Waals surface area (Å²) in [5.41, 5.74) is 1.02. The Labute approximate surface area is 106 Å². The summed E-state index contributed by atoms with van der Waals surface area (Å²) in [6.45, 7) is 12.5. The van der Waals surface area contributed by atoms with Crippen LogP contribution in [0.3, 0.4) is 0 Å². The van der Waals surface area contributed by atoms with Crippen LogP contribution in [0.4, 0.5) is 0 Å². The van der Waals surface area contributed by atoms with E-state index in [4.69, 9.17) is 4.74 Å². The van der Waals surface area contributed by atoms with Crippen LogP contribution in [-0.4, -0.2) is 11.7 Å². The van der Waals surface area contributed by atoms with Crippen molar-refractivity contribution in [2.45, 2.75) is 45.8 Å². The van der Waals surface area contributed by atoms with Crippen molar-refractivity contribution in [2.75, 3.05) is 0 Å². The Morgan fingerprint density at radius 3 is 2.18 bits per heavy atom. The minimum atomic E-state index is -0.268. The molecule has 0 saturated heterocycles. The first-order chi connectivity index (χ1) is 8.00. The molecule has 17 heavy (non-hydrogen) atoms. The monoisotopic (exact) mass is 232 g/mol. The van der Waals surface area contributed by atoms with Crippen molar-refractivity contribution in [3.8, 4) is 0 Å². The maximum absolute atomic E-state index is 6.13. The Morgan fingerprint density at radius 2 is 1.76 bits per heavy atom. The summed E-state index contributed by atoms with van der Waals surface area (Å²) in [6, 6.07) is 10.5. The first-order valence-corrected chi connectivity index (χ1v) is 6.35. The molecule has 0 aliphatic carbocycles. The SMILES string of the molecule is C=CC(Cc1ccccc1)(OC(C)C)C(C)C. The summed E-state index contributed by atoms with van der Waals surface area (Å²) in [6.07, 6.45) is 3.05. The molecule has 0 radical (unpaired) electrons. The second-order valence-corrected chi connectivity index (χ2v) is 5.14. The zero-order valence-corrected chi connectivity index (χ0v) is 11.4. The minimum absolute atomic E-state index is 0.208. The fourth-order valence-corrected chi connectivity index (χ4v) is 2.09. The van der Waals surface area contributed by atoms with Crippen LogP contribution >= 0.6 is 0 Å². The van der Waals surface area contributed by atoms with Crippen molar-refractivity contribution in [1.82, 2.24) is 0 Å². The van der Waals surface area contributed by atoms with Crippen molar-refractivity contribution in [3.63, 3.8) is 0 Å². The lowest BCUT2D eigenvalue weighted by molar-refractivity contribution is -0.0747. The molecule has 0 spiro atoms. The van der Waals surface area contributed by atoms with E-state index in [1.807, 2.05) is 12.1 Å². The Bertz CT molecular complexity index is 340. The lowest BCUT2D eigenvalue weighted by Gasteiger charge is -2.36. The maximum Gasteiger partial charge on any atom is 0.0926 e. The molecule has 0 N–H and O–H groups in total. The third-order valence-electron chi connectivity index (χ3n) is 3.10. The van der Waals surface area contributed by atoms with E-state index in [1.54, 1.807) is 0 Å². The number of rotatable bonds is 6.